The lowest BCUT2D eigenvalue weighted by Gasteiger charge is -2.14. The van der Waals surface area contributed by atoms with Gasteiger partial charge in [-0.15, -0.1) is 0 Å². The van der Waals surface area contributed by atoms with Crippen molar-refractivity contribution in [3.8, 4) is 5.69 Å². The lowest BCUT2D eigenvalue weighted by atomic mass is 10.1. The highest BCUT2D eigenvalue weighted by Crippen LogP contribution is 2.22. The molecule has 0 spiro atoms. The van der Waals surface area contributed by atoms with Gasteiger partial charge in [0, 0.05) is 17.6 Å². The summed E-state index contributed by atoms with van der Waals surface area (Å²) in [4.78, 5) is 30.4. The van der Waals surface area contributed by atoms with Crippen LogP contribution in [-0.2, 0) is 6.42 Å². The van der Waals surface area contributed by atoms with Crippen LogP contribution in [-0.4, -0.2) is 20.4 Å². The fraction of sp³-hybridized carbons (Fsp3) is 0.0909. The topological polar surface area (TPSA) is 117 Å². The molecule has 2 aromatic heterocycles. The molecule has 0 atom stereocenters. The number of rotatable bonds is 3. The third kappa shape index (κ3) is 4.31. The van der Waals surface area contributed by atoms with Gasteiger partial charge < -0.3 is 11.5 Å². The number of carbonyl (C=O) groups excluding carboxylic acids is 1. The average molecular weight is 422 g/mol. The molecule has 0 aliphatic rings. The van der Waals surface area contributed by atoms with E-state index in [1.807, 2.05) is 55.5 Å². The largest absolute Gasteiger partial charge is 0.383 e. The number of halogens is 1. The summed E-state index contributed by atoms with van der Waals surface area (Å²) < 4.78 is 1.74. The van der Waals surface area contributed by atoms with Gasteiger partial charge in [-0.1, -0.05) is 48.9 Å². The number of aryl methyl sites for hydroxylation is 1. The fourth-order valence-electron chi connectivity index (χ4n) is 3.02. The third-order valence-corrected chi connectivity index (χ3v) is 4.77. The molecule has 0 saturated heterocycles. The van der Waals surface area contributed by atoms with E-state index in [0.29, 0.717) is 10.4 Å². The predicted octanol–water partition coefficient (Wildman–Crippen LogP) is 3.36. The summed E-state index contributed by atoms with van der Waals surface area (Å²) in [5, 5.41) is 1.97. The molecule has 8 heteroatoms. The van der Waals surface area contributed by atoms with Crippen LogP contribution < -0.4 is 17.0 Å². The van der Waals surface area contributed by atoms with Crippen LogP contribution in [0.1, 0.15) is 23.0 Å². The first-order valence-corrected chi connectivity index (χ1v) is 9.55. The van der Waals surface area contributed by atoms with Crippen molar-refractivity contribution in [1.82, 2.24) is 14.5 Å². The number of pyridine rings is 1. The maximum Gasteiger partial charge on any atom is 0.264 e. The number of hydrogen-bond donors (Lipinski definition) is 2. The molecule has 7 nitrogen and oxygen atoms in total. The fourth-order valence-corrected chi connectivity index (χ4v) is 3.28. The highest BCUT2D eigenvalue weighted by atomic mass is 35.5. The number of nitrogen functional groups attached to an aromatic ring is 1. The predicted molar refractivity (Wildman–Crippen MR) is 119 cm³/mol. The maximum atomic E-state index is 12.8. The molecule has 4 N–H and O–H groups in total. The highest BCUT2D eigenvalue weighted by Gasteiger charge is 2.12. The Bertz CT molecular complexity index is 1260. The number of aromatic nitrogens is 3. The Morgan fingerprint density at radius 1 is 1.13 bits per heavy atom. The lowest BCUT2D eigenvalue weighted by molar-refractivity contribution is 0.100. The Kier molecular flexibility index (Phi) is 6.44. The Hall–Kier alpha value is -3.71. The number of para-hydroxylation sites is 1. The van der Waals surface area contributed by atoms with Crippen molar-refractivity contribution in [2.24, 2.45) is 5.73 Å². The zero-order chi connectivity index (χ0) is 21.7. The smallest absolute Gasteiger partial charge is 0.264 e. The standard InChI is InChI=1S/C17H14ClNO.C5H6N4O/c1-2-13-11-12-7-6-10-15(18)16(12)17(20)19(13)14-8-4-3-5-9-14;6-4-3(5(7)10)1-8-2-9-4/h3-11H,2H2,1H3;1-2H,(H2,7,10)(H2,6,8,9). The first-order valence-electron chi connectivity index (χ1n) is 9.17. The molecule has 0 aliphatic heterocycles. The van der Waals surface area contributed by atoms with E-state index >= 15 is 0 Å². The molecule has 0 aliphatic carbocycles. The molecule has 2 heterocycles. The van der Waals surface area contributed by atoms with Gasteiger partial charge in [0.05, 0.1) is 16.0 Å². The van der Waals surface area contributed by atoms with E-state index in [4.69, 9.17) is 23.1 Å². The van der Waals surface area contributed by atoms with Crippen LogP contribution >= 0.6 is 11.6 Å². The summed E-state index contributed by atoms with van der Waals surface area (Å²) >= 11 is 6.20. The molecule has 0 fully saturated rings. The van der Waals surface area contributed by atoms with Crippen molar-refractivity contribution in [3.63, 3.8) is 0 Å². The second-order valence-corrected chi connectivity index (χ2v) is 6.76. The van der Waals surface area contributed by atoms with Crippen molar-refractivity contribution in [2.75, 3.05) is 5.73 Å². The minimum atomic E-state index is -0.613. The van der Waals surface area contributed by atoms with Gasteiger partial charge in [0.1, 0.15) is 12.1 Å². The number of fused-ring (bicyclic) bond motifs is 1. The SMILES string of the molecule is CCc1cc2cccc(Cl)c2c(=O)n1-c1ccccc1.NC(=O)c1cncnc1N. The van der Waals surface area contributed by atoms with E-state index in [-0.39, 0.29) is 16.9 Å². The first-order chi connectivity index (χ1) is 14.4. The molecule has 152 valence electrons. The number of benzene rings is 2. The Balaban J connectivity index is 0.000000216. The Morgan fingerprint density at radius 3 is 2.47 bits per heavy atom. The van der Waals surface area contributed by atoms with E-state index in [1.54, 1.807) is 10.6 Å². The Morgan fingerprint density at radius 2 is 1.87 bits per heavy atom. The Labute approximate surface area is 178 Å². The van der Waals surface area contributed by atoms with Crippen molar-refractivity contribution in [2.45, 2.75) is 13.3 Å². The number of carbonyl (C=O) groups is 1. The van der Waals surface area contributed by atoms with Crippen LogP contribution in [0.2, 0.25) is 5.02 Å². The molecule has 30 heavy (non-hydrogen) atoms. The zero-order valence-electron chi connectivity index (χ0n) is 16.2. The van der Waals surface area contributed by atoms with Crippen LogP contribution in [0.4, 0.5) is 5.82 Å². The van der Waals surface area contributed by atoms with E-state index in [2.05, 4.69) is 9.97 Å². The van der Waals surface area contributed by atoms with Gasteiger partial charge in [-0.3, -0.25) is 14.2 Å². The van der Waals surface area contributed by atoms with E-state index in [0.717, 1.165) is 23.2 Å². The monoisotopic (exact) mass is 421 g/mol. The summed E-state index contributed by atoms with van der Waals surface area (Å²) in [5.41, 5.74) is 12.1. The summed E-state index contributed by atoms with van der Waals surface area (Å²) in [6, 6.07) is 17.3. The minimum Gasteiger partial charge on any atom is -0.383 e. The van der Waals surface area contributed by atoms with Crippen molar-refractivity contribution < 1.29 is 4.79 Å². The molecule has 2 aromatic carbocycles. The molecule has 0 unspecified atom stereocenters. The first kappa shape index (κ1) is 21.0. The van der Waals surface area contributed by atoms with E-state index in [9.17, 15) is 9.59 Å². The molecule has 0 bridgehead atoms. The van der Waals surface area contributed by atoms with E-state index in [1.165, 1.54) is 12.5 Å². The summed E-state index contributed by atoms with van der Waals surface area (Å²) in [7, 11) is 0. The summed E-state index contributed by atoms with van der Waals surface area (Å²) in [6.45, 7) is 2.05. The van der Waals surface area contributed by atoms with Crippen LogP contribution in [0.3, 0.4) is 0 Å². The summed E-state index contributed by atoms with van der Waals surface area (Å²) in [5.74, 6) is -0.499. The van der Waals surface area contributed by atoms with Gasteiger partial charge in [-0.2, -0.15) is 0 Å². The quantitative estimate of drug-likeness (QED) is 0.526. The molecule has 4 rings (SSSR count). The molecule has 1 amide bonds. The van der Waals surface area contributed by atoms with E-state index < -0.39 is 5.91 Å². The van der Waals surface area contributed by atoms with Crippen LogP contribution in [0.15, 0.2) is 71.9 Å². The lowest BCUT2D eigenvalue weighted by Crippen LogP contribution is -2.22. The van der Waals surface area contributed by atoms with Crippen LogP contribution in [0, 0.1) is 0 Å². The molecular weight excluding hydrogens is 402 g/mol. The number of nitrogens with zero attached hydrogens (tertiary/aromatic N) is 3. The van der Waals surface area contributed by atoms with Gasteiger partial charge in [-0.05, 0) is 36.1 Å². The third-order valence-electron chi connectivity index (χ3n) is 4.46. The number of primary amides is 1. The second-order valence-electron chi connectivity index (χ2n) is 6.36. The minimum absolute atomic E-state index is 0.0591. The molecule has 0 radical (unpaired) electrons. The number of anilines is 1. The maximum absolute atomic E-state index is 12.8. The van der Waals surface area contributed by atoms with Crippen LogP contribution in [0.25, 0.3) is 16.5 Å². The van der Waals surface area contributed by atoms with Crippen molar-refractivity contribution >= 4 is 34.1 Å². The van der Waals surface area contributed by atoms with Gasteiger partial charge in [0.15, 0.2) is 0 Å². The number of nitrogens with two attached hydrogens (primary N) is 2. The number of hydrogen-bond acceptors (Lipinski definition) is 5. The zero-order valence-corrected chi connectivity index (χ0v) is 17.0. The second kappa shape index (κ2) is 9.19. The average Bonchev–Trinajstić information content (AvgIpc) is 2.74. The van der Waals surface area contributed by atoms with Gasteiger partial charge in [0.2, 0.25) is 0 Å². The van der Waals surface area contributed by atoms with Crippen LogP contribution in [0.5, 0.6) is 0 Å². The highest BCUT2D eigenvalue weighted by molar-refractivity contribution is 6.35. The molecular formula is C22H20ClN5O2. The normalized spacial score (nSPS) is 10.3. The molecule has 0 saturated carbocycles. The van der Waals surface area contributed by atoms with Gasteiger partial charge in [0.25, 0.3) is 11.5 Å². The van der Waals surface area contributed by atoms with Crippen molar-refractivity contribution in [1.29, 1.82) is 0 Å². The number of amides is 1. The summed E-state index contributed by atoms with van der Waals surface area (Å²) in [6.07, 6.45) is 3.32. The van der Waals surface area contributed by atoms with Gasteiger partial charge >= 0.3 is 0 Å². The van der Waals surface area contributed by atoms with Crippen molar-refractivity contribution in [3.05, 3.63) is 93.8 Å². The molecule has 4 aromatic rings. The van der Waals surface area contributed by atoms with Gasteiger partial charge in [-0.25, -0.2) is 9.97 Å².